The van der Waals surface area contributed by atoms with Gasteiger partial charge in [-0.2, -0.15) is 0 Å². The number of amides is 2. The van der Waals surface area contributed by atoms with Gasteiger partial charge in [-0.25, -0.2) is 9.78 Å². The Kier molecular flexibility index (Phi) is 3.87. The van der Waals surface area contributed by atoms with Crippen molar-refractivity contribution in [1.82, 2.24) is 15.3 Å². The van der Waals surface area contributed by atoms with Gasteiger partial charge in [-0.15, -0.1) is 0 Å². The van der Waals surface area contributed by atoms with Crippen LogP contribution in [0.25, 0.3) is 11.0 Å². The predicted molar refractivity (Wildman–Crippen MR) is 86.1 cm³/mol. The molecular formula is C15H13BrN4O. The summed E-state index contributed by atoms with van der Waals surface area (Å²) in [6.45, 7) is 0.458. The van der Waals surface area contributed by atoms with Crippen LogP contribution in [0, 0.1) is 0 Å². The maximum Gasteiger partial charge on any atom is 0.319 e. The molecule has 1 heterocycles. The third-order valence-corrected chi connectivity index (χ3v) is 3.85. The third kappa shape index (κ3) is 3.22. The lowest BCUT2D eigenvalue weighted by atomic mass is 10.2. The molecule has 0 saturated carbocycles. The quantitative estimate of drug-likeness (QED) is 0.678. The molecule has 3 N–H and O–H groups in total. The van der Waals surface area contributed by atoms with Crippen LogP contribution >= 0.6 is 15.9 Å². The molecule has 5 nitrogen and oxygen atoms in total. The van der Waals surface area contributed by atoms with Crippen LogP contribution < -0.4 is 10.6 Å². The lowest BCUT2D eigenvalue weighted by Crippen LogP contribution is -2.28. The number of carbonyl (C=O) groups excluding carboxylic acids is 1. The van der Waals surface area contributed by atoms with E-state index in [2.05, 4.69) is 36.5 Å². The topological polar surface area (TPSA) is 69.8 Å². The van der Waals surface area contributed by atoms with E-state index in [1.165, 1.54) is 0 Å². The van der Waals surface area contributed by atoms with E-state index in [1.807, 2.05) is 42.5 Å². The number of anilines is 1. The number of H-pyrrole nitrogens is 1. The number of hydrogen-bond donors (Lipinski definition) is 3. The standard InChI is InChI=1S/C15H13BrN4O/c16-12-4-2-1-3-10(12)8-17-15(21)20-11-5-6-13-14(7-11)19-9-18-13/h1-7,9H,8H2,(H,18,19)(H2,17,20,21). The molecule has 3 rings (SSSR count). The molecule has 6 heteroatoms. The highest BCUT2D eigenvalue weighted by Crippen LogP contribution is 2.17. The number of carbonyl (C=O) groups is 1. The highest BCUT2D eigenvalue weighted by molar-refractivity contribution is 9.10. The Balaban J connectivity index is 1.62. The second-order valence-corrected chi connectivity index (χ2v) is 5.39. The predicted octanol–water partition coefficient (Wildman–Crippen LogP) is 3.65. The number of aromatic amines is 1. The van der Waals surface area contributed by atoms with Crippen LogP contribution in [0.4, 0.5) is 10.5 Å². The maximum absolute atomic E-state index is 11.9. The summed E-state index contributed by atoms with van der Waals surface area (Å²) in [5.74, 6) is 0. The van der Waals surface area contributed by atoms with Gasteiger partial charge in [0, 0.05) is 16.7 Å². The molecule has 1 aromatic heterocycles. The van der Waals surface area contributed by atoms with Crippen molar-refractivity contribution < 1.29 is 4.79 Å². The van der Waals surface area contributed by atoms with Gasteiger partial charge in [0.1, 0.15) is 0 Å². The van der Waals surface area contributed by atoms with Crippen molar-refractivity contribution >= 4 is 38.7 Å². The van der Waals surface area contributed by atoms with E-state index in [9.17, 15) is 4.79 Å². The van der Waals surface area contributed by atoms with E-state index in [0.717, 1.165) is 26.8 Å². The van der Waals surface area contributed by atoms with Gasteiger partial charge in [-0.05, 0) is 29.8 Å². The fourth-order valence-electron chi connectivity index (χ4n) is 2.01. The molecule has 0 saturated heterocycles. The van der Waals surface area contributed by atoms with Gasteiger partial charge in [0.05, 0.1) is 17.4 Å². The Morgan fingerprint density at radius 1 is 1.24 bits per heavy atom. The SMILES string of the molecule is O=C(NCc1ccccc1Br)Nc1ccc2nc[nH]c2c1. The van der Waals surface area contributed by atoms with Crippen LogP contribution in [0.2, 0.25) is 0 Å². The number of nitrogens with zero attached hydrogens (tertiary/aromatic N) is 1. The molecule has 106 valence electrons. The summed E-state index contributed by atoms with van der Waals surface area (Å²) in [6.07, 6.45) is 1.63. The van der Waals surface area contributed by atoms with Gasteiger partial charge in [-0.1, -0.05) is 34.1 Å². The average Bonchev–Trinajstić information content (AvgIpc) is 2.94. The molecule has 0 atom stereocenters. The van der Waals surface area contributed by atoms with Crippen molar-refractivity contribution in [3.63, 3.8) is 0 Å². The number of urea groups is 1. The fourth-order valence-corrected chi connectivity index (χ4v) is 2.43. The molecule has 3 aromatic rings. The number of benzene rings is 2. The van der Waals surface area contributed by atoms with Gasteiger partial charge in [0.15, 0.2) is 0 Å². The third-order valence-electron chi connectivity index (χ3n) is 3.08. The van der Waals surface area contributed by atoms with Crippen LogP contribution in [0.3, 0.4) is 0 Å². The number of rotatable bonds is 3. The van der Waals surface area contributed by atoms with Crippen LogP contribution in [0.15, 0.2) is 53.3 Å². The summed E-state index contributed by atoms with van der Waals surface area (Å²) in [5.41, 5.74) is 3.50. The first-order valence-corrected chi connectivity index (χ1v) is 7.23. The summed E-state index contributed by atoms with van der Waals surface area (Å²) >= 11 is 3.45. The van der Waals surface area contributed by atoms with Gasteiger partial charge < -0.3 is 15.6 Å². The van der Waals surface area contributed by atoms with E-state index >= 15 is 0 Å². The second-order valence-electron chi connectivity index (χ2n) is 4.53. The minimum absolute atomic E-state index is 0.246. The summed E-state index contributed by atoms with van der Waals surface area (Å²) in [4.78, 5) is 19.1. The first-order valence-electron chi connectivity index (χ1n) is 6.44. The number of nitrogens with one attached hydrogen (secondary N) is 3. The van der Waals surface area contributed by atoms with Gasteiger partial charge in [0.2, 0.25) is 0 Å². The first-order chi connectivity index (χ1) is 10.2. The van der Waals surface area contributed by atoms with E-state index in [1.54, 1.807) is 6.33 Å². The highest BCUT2D eigenvalue weighted by atomic mass is 79.9. The Morgan fingerprint density at radius 2 is 2.10 bits per heavy atom. The zero-order valence-electron chi connectivity index (χ0n) is 11.1. The Bertz CT molecular complexity index is 784. The Labute approximate surface area is 129 Å². The number of aromatic nitrogens is 2. The van der Waals surface area contributed by atoms with Crippen LogP contribution in [-0.4, -0.2) is 16.0 Å². The van der Waals surface area contributed by atoms with Crippen LogP contribution in [0.1, 0.15) is 5.56 Å². The molecule has 2 aromatic carbocycles. The van der Waals surface area contributed by atoms with E-state index in [-0.39, 0.29) is 6.03 Å². The van der Waals surface area contributed by atoms with Crippen molar-refractivity contribution in [1.29, 1.82) is 0 Å². The highest BCUT2D eigenvalue weighted by Gasteiger charge is 2.05. The smallest absolute Gasteiger partial charge is 0.319 e. The second kappa shape index (κ2) is 5.97. The summed E-state index contributed by atoms with van der Waals surface area (Å²) in [6, 6.07) is 13.1. The molecule has 0 unspecified atom stereocenters. The van der Waals surface area contributed by atoms with E-state index < -0.39 is 0 Å². The molecule has 0 fully saturated rings. The van der Waals surface area contributed by atoms with Gasteiger partial charge >= 0.3 is 6.03 Å². The maximum atomic E-state index is 11.9. The first kappa shape index (κ1) is 13.6. The van der Waals surface area contributed by atoms with Crippen molar-refractivity contribution in [2.75, 3.05) is 5.32 Å². The van der Waals surface area contributed by atoms with Crippen LogP contribution in [-0.2, 0) is 6.54 Å². The van der Waals surface area contributed by atoms with Gasteiger partial charge in [-0.3, -0.25) is 0 Å². The lowest BCUT2D eigenvalue weighted by molar-refractivity contribution is 0.251. The zero-order valence-corrected chi connectivity index (χ0v) is 12.6. The number of hydrogen-bond acceptors (Lipinski definition) is 2. The molecule has 21 heavy (non-hydrogen) atoms. The number of imidazole rings is 1. The van der Waals surface area contributed by atoms with E-state index in [0.29, 0.717) is 6.54 Å². The van der Waals surface area contributed by atoms with E-state index in [4.69, 9.17) is 0 Å². The minimum atomic E-state index is -0.246. The molecular weight excluding hydrogens is 332 g/mol. The largest absolute Gasteiger partial charge is 0.345 e. The lowest BCUT2D eigenvalue weighted by Gasteiger charge is -2.09. The molecule has 0 aliphatic rings. The Morgan fingerprint density at radius 3 is 2.95 bits per heavy atom. The molecule has 0 aliphatic carbocycles. The summed E-state index contributed by atoms with van der Waals surface area (Å²) < 4.78 is 0.976. The summed E-state index contributed by atoms with van der Waals surface area (Å²) in [5, 5.41) is 5.62. The van der Waals surface area contributed by atoms with Crippen molar-refractivity contribution in [2.24, 2.45) is 0 Å². The van der Waals surface area contributed by atoms with Crippen molar-refractivity contribution in [3.05, 3.63) is 58.8 Å². The molecule has 2 amide bonds. The van der Waals surface area contributed by atoms with Crippen molar-refractivity contribution in [3.8, 4) is 0 Å². The van der Waals surface area contributed by atoms with Gasteiger partial charge in [0.25, 0.3) is 0 Å². The minimum Gasteiger partial charge on any atom is -0.345 e. The average molecular weight is 345 g/mol. The Hall–Kier alpha value is -2.34. The molecule has 0 radical (unpaired) electrons. The normalized spacial score (nSPS) is 10.5. The molecule has 0 spiro atoms. The van der Waals surface area contributed by atoms with Crippen molar-refractivity contribution in [2.45, 2.75) is 6.54 Å². The molecule has 0 bridgehead atoms. The molecule has 0 aliphatic heterocycles. The zero-order chi connectivity index (χ0) is 14.7. The monoisotopic (exact) mass is 344 g/mol. The van der Waals surface area contributed by atoms with Crippen LogP contribution in [0.5, 0.6) is 0 Å². The summed E-state index contributed by atoms with van der Waals surface area (Å²) in [7, 11) is 0. The number of fused-ring (bicyclic) bond motifs is 1. The number of halogens is 1. The fraction of sp³-hybridized carbons (Fsp3) is 0.0667.